The summed E-state index contributed by atoms with van der Waals surface area (Å²) in [6.45, 7) is 0. The molecule has 4 heteroatoms. The quantitative estimate of drug-likeness (QED) is 0.484. The lowest BCUT2D eigenvalue weighted by Gasteiger charge is -2.23. The van der Waals surface area contributed by atoms with Gasteiger partial charge in [-0.15, -0.1) is 0 Å². The molecule has 0 aromatic heterocycles. The van der Waals surface area contributed by atoms with Crippen LogP contribution in [0, 0.1) is 0 Å². The van der Waals surface area contributed by atoms with E-state index < -0.39 is 5.54 Å². The maximum Gasteiger partial charge on any atom is 0.331 e. The normalized spacial score (nSPS) is 20.1. The van der Waals surface area contributed by atoms with Crippen molar-refractivity contribution in [2.75, 3.05) is 7.11 Å². The Balaban J connectivity index is 2.70. The van der Waals surface area contributed by atoms with E-state index in [4.69, 9.17) is 0 Å². The molecule has 1 saturated carbocycles. The Bertz CT molecular complexity index is 185. The molecule has 67 valence electrons. The number of carbonyl (C=O) groups excluding carboxylic acids is 2. The second kappa shape index (κ2) is 3.56. The van der Waals surface area contributed by atoms with Gasteiger partial charge in [0, 0.05) is 0 Å². The van der Waals surface area contributed by atoms with Crippen LogP contribution in [-0.4, -0.2) is 25.0 Å². The number of hydrogen-bond acceptors (Lipinski definition) is 3. The second-order valence-corrected chi connectivity index (χ2v) is 3.01. The number of carbonyl (C=O) groups is 1. The van der Waals surface area contributed by atoms with Crippen LogP contribution >= 0.6 is 0 Å². The summed E-state index contributed by atoms with van der Waals surface area (Å²) in [4.78, 5) is 21.4. The summed E-state index contributed by atoms with van der Waals surface area (Å²) in [5, 5.41) is 2.43. The summed E-state index contributed by atoms with van der Waals surface area (Å²) in [6, 6.07) is 0. The number of amides is 1. The Morgan fingerprint density at radius 1 is 1.50 bits per heavy atom. The number of ether oxygens (including phenoxy) is 1. The van der Waals surface area contributed by atoms with Crippen LogP contribution in [0.15, 0.2) is 0 Å². The molecule has 12 heavy (non-hydrogen) atoms. The van der Waals surface area contributed by atoms with Gasteiger partial charge < -0.3 is 10.1 Å². The monoisotopic (exact) mass is 170 g/mol. The minimum absolute atomic E-state index is 0.358. The van der Waals surface area contributed by atoms with Gasteiger partial charge in [-0.25, -0.2) is 4.79 Å². The maximum absolute atomic E-state index is 11.3. The molecule has 1 radical (unpaired) electrons. The van der Waals surface area contributed by atoms with Crippen molar-refractivity contribution in [2.45, 2.75) is 31.2 Å². The summed E-state index contributed by atoms with van der Waals surface area (Å²) >= 11 is 0. The molecule has 1 N–H and O–H groups in total. The molecule has 0 heterocycles. The van der Waals surface area contributed by atoms with Crippen LogP contribution in [0.3, 0.4) is 0 Å². The number of rotatable bonds is 3. The van der Waals surface area contributed by atoms with Crippen molar-refractivity contribution < 1.29 is 14.3 Å². The first-order valence-corrected chi connectivity index (χ1v) is 3.98. The van der Waals surface area contributed by atoms with E-state index in [1.807, 2.05) is 0 Å². The van der Waals surface area contributed by atoms with Crippen molar-refractivity contribution in [3.8, 4) is 0 Å². The number of methoxy groups -OCH3 is 1. The minimum atomic E-state index is -0.781. The molecule has 0 aromatic rings. The number of esters is 1. The Hall–Kier alpha value is -1.06. The van der Waals surface area contributed by atoms with Gasteiger partial charge in [0.05, 0.1) is 7.11 Å². The topological polar surface area (TPSA) is 55.4 Å². The molecule has 1 fully saturated rings. The average molecular weight is 170 g/mol. The van der Waals surface area contributed by atoms with Crippen molar-refractivity contribution in [3.05, 3.63) is 0 Å². The van der Waals surface area contributed by atoms with Gasteiger partial charge in [-0.2, -0.15) is 0 Å². The standard InChI is InChI=1S/C8H12NO3/c1-12-7(11)8(9-6-10)4-2-3-5-8/h2-5H2,1H3,(H,9,10). The van der Waals surface area contributed by atoms with Crippen molar-refractivity contribution in [1.29, 1.82) is 0 Å². The summed E-state index contributed by atoms with van der Waals surface area (Å²) in [6.07, 6.45) is 4.78. The molecule has 0 saturated heterocycles. The molecular weight excluding hydrogens is 158 g/mol. The Kier molecular flexibility index (Phi) is 2.68. The van der Waals surface area contributed by atoms with E-state index >= 15 is 0 Å². The Labute approximate surface area is 71.3 Å². The lowest BCUT2D eigenvalue weighted by molar-refractivity contribution is -0.147. The molecule has 4 nitrogen and oxygen atoms in total. The Morgan fingerprint density at radius 3 is 2.50 bits per heavy atom. The van der Waals surface area contributed by atoms with E-state index in [1.165, 1.54) is 7.11 Å². The fourth-order valence-electron chi connectivity index (χ4n) is 1.65. The molecule has 1 rings (SSSR count). The van der Waals surface area contributed by atoms with Crippen molar-refractivity contribution in [2.24, 2.45) is 0 Å². The minimum Gasteiger partial charge on any atom is -0.467 e. The first-order chi connectivity index (χ1) is 5.75. The van der Waals surface area contributed by atoms with Gasteiger partial charge in [-0.05, 0) is 12.8 Å². The van der Waals surface area contributed by atoms with E-state index in [0.717, 1.165) is 12.8 Å². The van der Waals surface area contributed by atoms with Crippen LogP contribution in [0.1, 0.15) is 25.7 Å². The van der Waals surface area contributed by atoms with Gasteiger partial charge >= 0.3 is 12.4 Å². The molecule has 0 aromatic carbocycles. The smallest absolute Gasteiger partial charge is 0.331 e. The van der Waals surface area contributed by atoms with Gasteiger partial charge in [0.25, 0.3) is 0 Å². The molecule has 0 spiro atoms. The van der Waals surface area contributed by atoms with Crippen LogP contribution < -0.4 is 5.32 Å². The lowest BCUT2D eigenvalue weighted by atomic mass is 9.98. The van der Waals surface area contributed by atoms with E-state index in [9.17, 15) is 9.59 Å². The van der Waals surface area contributed by atoms with Crippen molar-refractivity contribution in [3.63, 3.8) is 0 Å². The van der Waals surface area contributed by atoms with Crippen LogP contribution in [0.5, 0.6) is 0 Å². The van der Waals surface area contributed by atoms with E-state index in [-0.39, 0.29) is 5.97 Å². The van der Waals surface area contributed by atoms with Gasteiger partial charge in [0.2, 0.25) is 0 Å². The van der Waals surface area contributed by atoms with E-state index in [1.54, 1.807) is 6.41 Å². The summed E-state index contributed by atoms with van der Waals surface area (Å²) in [5.74, 6) is -0.358. The highest BCUT2D eigenvalue weighted by atomic mass is 16.5. The Morgan fingerprint density at radius 2 is 2.08 bits per heavy atom. The van der Waals surface area contributed by atoms with Gasteiger partial charge in [-0.3, -0.25) is 4.79 Å². The highest BCUT2D eigenvalue weighted by molar-refractivity contribution is 5.83. The predicted molar refractivity (Wildman–Crippen MR) is 42.0 cm³/mol. The van der Waals surface area contributed by atoms with Crippen molar-refractivity contribution in [1.82, 2.24) is 5.32 Å². The molecule has 0 bridgehead atoms. The molecule has 0 unspecified atom stereocenters. The molecule has 1 aliphatic carbocycles. The van der Waals surface area contributed by atoms with Gasteiger partial charge in [0.15, 0.2) is 0 Å². The summed E-state index contributed by atoms with van der Waals surface area (Å²) < 4.78 is 4.61. The van der Waals surface area contributed by atoms with Crippen molar-refractivity contribution >= 4 is 12.4 Å². The summed E-state index contributed by atoms with van der Waals surface area (Å²) in [5.41, 5.74) is -0.781. The van der Waals surface area contributed by atoms with Gasteiger partial charge in [-0.1, -0.05) is 12.8 Å². The van der Waals surface area contributed by atoms with E-state index in [0.29, 0.717) is 12.8 Å². The summed E-state index contributed by atoms with van der Waals surface area (Å²) in [7, 11) is 1.33. The molecule has 1 amide bonds. The predicted octanol–water partition coefficient (Wildman–Crippen LogP) is 0.129. The third-order valence-corrected chi connectivity index (χ3v) is 2.32. The lowest BCUT2D eigenvalue weighted by Crippen LogP contribution is -2.49. The molecule has 0 aliphatic heterocycles. The first kappa shape index (κ1) is 9.03. The zero-order chi connectivity index (χ0) is 9.03. The largest absolute Gasteiger partial charge is 0.467 e. The van der Waals surface area contributed by atoms with Gasteiger partial charge in [0.1, 0.15) is 5.54 Å². The first-order valence-electron chi connectivity index (χ1n) is 3.98. The number of nitrogens with one attached hydrogen (secondary N) is 1. The zero-order valence-electron chi connectivity index (χ0n) is 7.05. The molecule has 0 atom stereocenters. The highest BCUT2D eigenvalue weighted by Crippen LogP contribution is 2.30. The average Bonchev–Trinajstić information content (AvgIpc) is 2.53. The third kappa shape index (κ3) is 1.42. The van der Waals surface area contributed by atoms with Crippen LogP contribution in [0.2, 0.25) is 0 Å². The molecular formula is C8H12NO3. The van der Waals surface area contributed by atoms with Crippen LogP contribution in [0.25, 0.3) is 0 Å². The van der Waals surface area contributed by atoms with Crippen LogP contribution in [0.4, 0.5) is 0 Å². The fourth-order valence-corrected chi connectivity index (χ4v) is 1.65. The number of hydrogen-bond donors (Lipinski definition) is 1. The second-order valence-electron chi connectivity index (χ2n) is 3.01. The third-order valence-electron chi connectivity index (χ3n) is 2.32. The zero-order valence-corrected chi connectivity index (χ0v) is 7.05. The fraction of sp³-hybridized carbons (Fsp3) is 0.750. The van der Waals surface area contributed by atoms with Crippen LogP contribution in [-0.2, 0) is 14.3 Å². The maximum atomic E-state index is 11.3. The molecule has 1 aliphatic rings. The highest BCUT2D eigenvalue weighted by Gasteiger charge is 2.42. The SMILES string of the molecule is COC(=O)C1(N[C]=O)CCCC1. The van der Waals surface area contributed by atoms with E-state index in [2.05, 4.69) is 10.1 Å².